The summed E-state index contributed by atoms with van der Waals surface area (Å²) in [6, 6.07) is 20.2. The molecule has 0 spiro atoms. The van der Waals surface area contributed by atoms with Crippen molar-refractivity contribution in [3.63, 3.8) is 0 Å². The van der Waals surface area contributed by atoms with Crippen LogP contribution >= 0.6 is 46.1 Å². The third kappa shape index (κ3) is 18.2. The fraction of sp³-hybridized carbons (Fsp3) is 0.562. The highest BCUT2D eigenvalue weighted by atomic mass is 127. The molecule has 1 atom stereocenters. The van der Waals surface area contributed by atoms with Gasteiger partial charge in [0.2, 0.25) is 0 Å². The Bertz CT molecular complexity index is 882. The molecule has 0 fully saturated rings. The third-order valence-electron chi connectivity index (χ3n) is 5.00. The average molecular weight is 657 g/mol. The second-order valence-electron chi connectivity index (χ2n) is 12.0. The Labute approximate surface area is 250 Å². The van der Waals surface area contributed by atoms with Gasteiger partial charge in [0.15, 0.2) is 5.78 Å². The van der Waals surface area contributed by atoms with Gasteiger partial charge in [0, 0.05) is 25.0 Å². The van der Waals surface area contributed by atoms with Crippen LogP contribution in [0.4, 0.5) is 0 Å². The highest BCUT2D eigenvalue weighted by Gasteiger charge is 2.30. The van der Waals surface area contributed by atoms with Gasteiger partial charge in [0.05, 0.1) is 11.0 Å². The molecule has 2 nitrogen and oxygen atoms in total. The first-order chi connectivity index (χ1) is 17.1. The number of alkyl halides is 1. The van der Waals surface area contributed by atoms with Gasteiger partial charge in [0.25, 0.3) is 0 Å². The van der Waals surface area contributed by atoms with E-state index in [4.69, 9.17) is 0 Å². The molecule has 0 N–H and O–H groups in total. The number of hydrogen-bond acceptors (Lipinski definition) is 4. The number of hydrogen-bond donors (Lipinski definition) is 0. The molecular formula is C32H49IO2S2. The molecule has 2 aromatic rings. The molecule has 0 radical (unpaired) electrons. The first-order valence-electron chi connectivity index (χ1n) is 13.1. The standard InChI is InChI=1S/C16H24OS.C12H16OS.C4H9I/c1-12(2)11-14(15(17)16(3,4)5)18-13-9-7-6-8-10-13;1-12(2,3)11(13)9-14-10-7-5-4-6-8-10;1-4(2)3-5/h6-10,12,14H,11H2,1-5H3;4-8H,9H2,1-3H3;4H,3H2,1-2H3. The van der Waals surface area contributed by atoms with Crippen LogP contribution in [0.25, 0.3) is 0 Å². The van der Waals surface area contributed by atoms with Gasteiger partial charge >= 0.3 is 0 Å². The van der Waals surface area contributed by atoms with Crippen molar-refractivity contribution in [2.45, 2.75) is 90.7 Å². The molecule has 0 heterocycles. The molecule has 0 aromatic heterocycles. The Kier molecular flexibility index (Phi) is 18.1. The summed E-state index contributed by atoms with van der Waals surface area (Å²) in [5.41, 5.74) is -0.483. The van der Waals surface area contributed by atoms with Crippen molar-refractivity contribution in [1.29, 1.82) is 0 Å². The van der Waals surface area contributed by atoms with E-state index < -0.39 is 0 Å². The summed E-state index contributed by atoms with van der Waals surface area (Å²) in [4.78, 5) is 26.4. The van der Waals surface area contributed by atoms with Crippen molar-refractivity contribution in [1.82, 2.24) is 0 Å². The lowest BCUT2D eigenvalue weighted by atomic mass is 9.86. The van der Waals surface area contributed by atoms with Crippen LogP contribution in [-0.4, -0.2) is 27.0 Å². The summed E-state index contributed by atoms with van der Waals surface area (Å²) in [6.45, 7) is 20.7. The van der Waals surface area contributed by atoms with E-state index in [1.54, 1.807) is 23.5 Å². The van der Waals surface area contributed by atoms with Gasteiger partial charge in [-0.15, -0.1) is 23.5 Å². The predicted octanol–water partition coefficient (Wildman–Crippen LogP) is 10.3. The monoisotopic (exact) mass is 656 g/mol. The maximum absolute atomic E-state index is 12.5. The van der Waals surface area contributed by atoms with E-state index >= 15 is 0 Å². The average Bonchev–Trinajstić information content (AvgIpc) is 2.82. The van der Waals surface area contributed by atoms with Crippen molar-refractivity contribution in [2.75, 3.05) is 10.2 Å². The highest BCUT2D eigenvalue weighted by molar-refractivity contribution is 14.1. The molecule has 208 valence electrons. The smallest absolute Gasteiger partial charge is 0.151 e. The lowest BCUT2D eigenvalue weighted by Crippen LogP contribution is -2.31. The minimum atomic E-state index is -0.263. The van der Waals surface area contributed by atoms with Crippen molar-refractivity contribution in [2.24, 2.45) is 22.7 Å². The molecule has 37 heavy (non-hydrogen) atoms. The quantitative estimate of drug-likeness (QED) is 0.153. The summed E-state index contributed by atoms with van der Waals surface area (Å²) in [6.07, 6.45) is 0.940. The van der Waals surface area contributed by atoms with E-state index in [2.05, 4.69) is 62.4 Å². The van der Waals surface area contributed by atoms with E-state index in [0.717, 1.165) is 17.2 Å². The highest BCUT2D eigenvalue weighted by Crippen LogP contribution is 2.33. The maximum Gasteiger partial charge on any atom is 0.151 e. The first-order valence-corrected chi connectivity index (χ1v) is 16.5. The van der Waals surface area contributed by atoms with Gasteiger partial charge in [-0.2, -0.15) is 0 Å². The molecule has 0 saturated carbocycles. The molecule has 1 unspecified atom stereocenters. The zero-order valence-corrected chi connectivity index (χ0v) is 28.4. The Morgan fingerprint density at radius 2 is 1.16 bits per heavy atom. The molecule has 5 heteroatoms. The van der Waals surface area contributed by atoms with E-state index in [0.29, 0.717) is 23.2 Å². The Morgan fingerprint density at radius 3 is 1.51 bits per heavy atom. The fourth-order valence-corrected chi connectivity index (χ4v) is 5.33. The number of ketones is 2. The first kappa shape index (κ1) is 36.2. The van der Waals surface area contributed by atoms with Crippen LogP contribution in [0.2, 0.25) is 0 Å². The topological polar surface area (TPSA) is 34.1 Å². The van der Waals surface area contributed by atoms with E-state index in [1.165, 1.54) is 9.32 Å². The molecular weight excluding hydrogens is 607 g/mol. The minimum Gasteiger partial charge on any atom is -0.298 e. The summed E-state index contributed by atoms with van der Waals surface area (Å²) in [5, 5.41) is 0.0624. The van der Waals surface area contributed by atoms with Crippen LogP contribution in [0.5, 0.6) is 0 Å². The van der Waals surface area contributed by atoms with Crippen LogP contribution < -0.4 is 0 Å². The van der Waals surface area contributed by atoms with Gasteiger partial charge < -0.3 is 0 Å². The normalized spacial score (nSPS) is 12.2. The number of rotatable bonds is 9. The van der Waals surface area contributed by atoms with Gasteiger partial charge in [-0.05, 0) is 42.5 Å². The van der Waals surface area contributed by atoms with Crippen molar-refractivity contribution in [3.8, 4) is 0 Å². The minimum absolute atomic E-state index is 0.0624. The number of Topliss-reactive ketones (excluding diaryl/α,β-unsaturated/α-hetero) is 2. The summed E-state index contributed by atoms with van der Waals surface area (Å²) in [7, 11) is 0. The predicted molar refractivity (Wildman–Crippen MR) is 175 cm³/mol. The lowest BCUT2D eigenvalue weighted by Gasteiger charge is -2.25. The van der Waals surface area contributed by atoms with Gasteiger partial charge in [-0.3, -0.25) is 9.59 Å². The molecule has 2 aromatic carbocycles. The van der Waals surface area contributed by atoms with Crippen molar-refractivity contribution >= 4 is 57.7 Å². The second kappa shape index (κ2) is 18.5. The number of carbonyl (C=O) groups is 2. The zero-order valence-electron chi connectivity index (χ0n) is 24.6. The zero-order chi connectivity index (χ0) is 28.6. The van der Waals surface area contributed by atoms with Gasteiger partial charge in [0.1, 0.15) is 5.78 Å². The maximum atomic E-state index is 12.5. The number of halogens is 1. The number of carbonyl (C=O) groups excluding carboxylic acids is 2. The van der Waals surface area contributed by atoms with E-state index in [-0.39, 0.29) is 16.1 Å². The second-order valence-corrected chi connectivity index (χ2v) is 15.2. The van der Waals surface area contributed by atoms with Crippen LogP contribution in [0.1, 0.15) is 75.7 Å². The Balaban J connectivity index is 0.000000605. The lowest BCUT2D eigenvalue weighted by molar-refractivity contribution is -0.126. The molecule has 0 aliphatic heterocycles. The summed E-state index contributed by atoms with van der Waals surface area (Å²) >= 11 is 5.69. The number of benzene rings is 2. The van der Waals surface area contributed by atoms with Gasteiger partial charge in [-0.25, -0.2) is 0 Å². The van der Waals surface area contributed by atoms with Crippen LogP contribution in [-0.2, 0) is 9.59 Å². The summed E-state index contributed by atoms with van der Waals surface area (Å²) < 4.78 is 1.28. The Hall–Kier alpha value is -0.790. The molecule has 0 saturated heterocycles. The van der Waals surface area contributed by atoms with Gasteiger partial charge in [-0.1, -0.05) is 128 Å². The molecule has 0 amide bonds. The fourth-order valence-electron chi connectivity index (χ4n) is 2.67. The molecule has 2 rings (SSSR count). The van der Waals surface area contributed by atoms with Crippen LogP contribution in [0.3, 0.4) is 0 Å². The largest absolute Gasteiger partial charge is 0.298 e. The Morgan fingerprint density at radius 1 is 0.730 bits per heavy atom. The SMILES string of the molecule is CC(C)(C)C(=O)CSc1ccccc1.CC(C)CC(Sc1ccccc1)C(=O)C(C)(C)C.CC(C)CI. The summed E-state index contributed by atoms with van der Waals surface area (Å²) in [5.74, 6) is 2.62. The van der Waals surface area contributed by atoms with Crippen molar-refractivity contribution in [3.05, 3.63) is 60.7 Å². The number of thioether (sulfide) groups is 2. The van der Waals surface area contributed by atoms with Crippen molar-refractivity contribution < 1.29 is 9.59 Å². The van der Waals surface area contributed by atoms with Crippen LogP contribution in [0.15, 0.2) is 70.5 Å². The molecule has 0 aliphatic rings. The van der Waals surface area contributed by atoms with E-state index in [9.17, 15) is 9.59 Å². The molecule has 0 aliphatic carbocycles. The molecule has 0 bridgehead atoms. The third-order valence-corrected chi connectivity index (χ3v) is 9.01. The van der Waals surface area contributed by atoms with E-state index in [1.807, 2.05) is 90.1 Å². The van der Waals surface area contributed by atoms with Crippen LogP contribution in [0, 0.1) is 22.7 Å².